The van der Waals surface area contributed by atoms with Gasteiger partial charge in [-0.3, -0.25) is 0 Å². The van der Waals surface area contributed by atoms with Crippen molar-refractivity contribution in [1.29, 1.82) is 0 Å². The highest BCUT2D eigenvalue weighted by Gasteiger charge is 2.22. The van der Waals surface area contributed by atoms with Gasteiger partial charge in [0.25, 0.3) is 0 Å². The highest BCUT2D eigenvalue weighted by Crippen LogP contribution is 2.33. The van der Waals surface area contributed by atoms with E-state index in [1.54, 1.807) is 0 Å². The Labute approximate surface area is 124 Å². The number of hydrogen-bond donors (Lipinski definition) is 2. The van der Waals surface area contributed by atoms with Gasteiger partial charge in [-0.1, -0.05) is 18.2 Å². The Morgan fingerprint density at radius 1 is 1.14 bits per heavy atom. The molecule has 0 amide bonds. The third kappa shape index (κ3) is 2.57. The topological polar surface area (TPSA) is 59.6 Å². The quantitative estimate of drug-likeness (QED) is 0.781. The predicted molar refractivity (Wildman–Crippen MR) is 87.6 cm³/mol. The van der Waals surface area contributed by atoms with Crippen LogP contribution < -0.4 is 15.8 Å². The monoisotopic (exact) mass is 281 g/mol. The number of rotatable bonds is 1. The molecule has 1 atom stereocenters. The van der Waals surface area contributed by atoms with E-state index in [9.17, 15) is 0 Å². The van der Waals surface area contributed by atoms with Gasteiger partial charge in [-0.2, -0.15) is 0 Å². The number of aryl methyl sites for hydroxylation is 2. The van der Waals surface area contributed by atoms with Crippen LogP contribution >= 0.6 is 0 Å². The van der Waals surface area contributed by atoms with Crippen LogP contribution in [0.2, 0.25) is 0 Å². The first-order chi connectivity index (χ1) is 10.0. The standard InChI is InChI=1S/C17H19N3O/c1-10-5-4-6-11(2)16(10)20-17-12(3)21-15-8-7-13(18)9-14(15)19-17/h4-9,12H,18H2,1-3H3,(H,19,20). The van der Waals surface area contributed by atoms with Crippen molar-refractivity contribution in [3.63, 3.8) is 0 Å². The number of nitrogen functional groups attached to an aromatic ring is 1. The third-order valence-electron chi connectivity index (χ3n) is 3.63. The lowest BCUT2D eigenvalue weighted by Gasteiger charge is -2.27. The number of nitrogens with zero attached hydrogens (tertiary/aromatic N) is 1. The molecule has 0 spiro atoms. The third-order valence-corrected chi connectivity index (χ3v) is 3.63. The van der Waals surface area contributed by atoms with E-state index in [0.717, 1.165) is 34.1 Å². The minimum absolute atomic E-state index is 0.125. The van der Waals surface area contributed by atoms with Gasteiger partial charge in [0, 0.05) is 5.69 Å². The Morgan fingerprint density at radius 2 is 1.86 bits per heavy atom. The van der Waals surface area contributed by atoms with E-state index in [1.807, 2.05) is 31.2 Å². The molecule has 0 saturated heterocycles. The van der Waals surface area contributed by atoms with Crippen LogP contribution in [0.1, 0.15) is 18.1 Å². The van der Waals surface area contributed by atoms with Gasteiger partial charge in [0.05, 0.1) is 11.4 Å². The summed E-state index contributed by atoms with van der Waals surface area (Å²) in [7, 11) is 0. The molecule has 0 radical (unpaired) electrons. The van der Waals surface area contributed by atoms with Crippen molar-refractivity contribution in [2.24, 2.45) is 4.99 Å². The number of para-hydroxylation sites is 1. The average Bonchev–Trinajstić information content (AvgIpc) is 2.44. The first kappa shape index (κ1) is 13.5. The zero-order chi connectivity index (χ0) is 15.0. The fourth-order valence-electron chi connectivity index (χ4n) is 2.46. The Bertz CT molecular complexity index is 702. The molecule has 108 valence electrons. The SMILES string of the molecule is Cc1cccc(C)c1N=C1Nc2cc(N)ccc2OC1C. The summed E-state index contributed by atoms with van der Waals surface area (Å²) in [6.07, 6.45) is -0.125. The maximum atomic E-state index is 5.90. The summed E-state index contributed by atoms with van der Waals surface area (Å²) in [6.45, 7) is 6.11. The van der Waals surface area contributed by atoms with Gasteiger partial charge < -0.3 is 15.8 Å². The van der Waals surface area contributed by atoms with Gasteiger partial charge in [-0.05, 0) is 50.1 Å². The number of anilines is 2. The molecule has 4 nitrogen and oxygen atoms in total. The summed E-state index contributed by atoms with van der Waals surface area (Å²) in [5.74, 6) is 1.60. The molecule has 4 heteroatoms. The van der Waals surface area contributed by atoms with Crippen LogP contribution in [0, 0.1) is 13.8 Å². The molecule has 3 N–H and O–H groups in total. The van der Waals surface area contributed by atoms with Gasteiger partial charge in [0.1, 0.15) is 11.6 Å². The number of nitrogens with one attached hydrogen (secondary N) is 1. The van der Waals surface area contributed by atoms with Crippen LogP contribution in [0.15, 0.2) is 41.4 Å². The number of nitrogens with two attached hydrogens (primary N) is 1. The summed E-state index contributed by atoms with van der Waals surface area (Å²) >= 11 is 0. The summed E-state index contributed by atoms with van der Waals surface area (Å²) in [4.78, 5) is 4.77. The normalized spacial score (nSPS) is 18.8. The van der Waals surface area contributed by atoms with Crippen LogP contribution in [0.5, 0.6) is 5.75 Å². The van der Waals surface area contributed by atoms with Crippen molar-refractivity contribution < 1.29 is 4.74 Å². The Kier molecular flexibility index (Phi) is 3.29. The Balaban J connectivity index is 2.02. The number of fused-ring (bicyclic) bond motifs is 1. The summed E-state index contributed by atoms with van der Waals surface area (Å²) in [6, 6.07) is 11.7. The van der Waals surface area contributed by atoms with Crippen molar-refractivity contribution in [3.05, 3.63) is 47.5 Å². The van der Waals surface area contributed by atoms with Crippen molar-refractivity contribution in [1.82, 2.24) is 0 Å². The Morgan fingerprint density at radius 3 is 2.57 bits per heavy atom. The second-order valence-corrected chi connectivity index (χ2v) is 5.38. The summed E-state index contributed by atoms with van der Waals surface area (Å²) < 4.78 is 5.90. The second-order valence-electron chi connectivity index (χ2n) is 5.38. The molecule has 0 fully saturated rings. The highest BCUT2D eigenvalue weighted by molar-refractivity contribution is 6.03. The molecule has 0 aromatic heterocycles. The van der Waals surface area contributed by atoms with Crippen LogP contribution in [0.4, 0.5) is 17.1 Å². The first-order valence-corrected chi connectivity index (χ1v) is 7.02. The lowest BCUT2D eigenvalue weighted by atomic mass is 10.1. The summed E-state index contributed by atoms with van der Waals surface area (Å²) in [5, 5.41) is 3.34. The molecule has 2 aromatic carbocycles. The first-order valence-electron chi connectivity index (χ1n) is 7.02. The minimum Gasteiger partial charge on any atom is -0.481 e. The molecule has 1 aliphatic heterocycles. The molecule has 21 heavy (non-hydrogen) atoms. The summed E-state index contributed by atoms with van der Waals surface area (Å²) in [5.41, 5.74) is 10.7. The zero-order valence-corrected chi connectivity index (χ0v) is 12.5. The van der Waals surface area contributed by atoms with Crippen molar-refractivity contribution in [2.45, 2.75) is 26.9 Å². The van der Waals surface area contributed by atoms with Crippen LogP contribution in [-0.4, -0.2) is 11.9 Å². The van der Waals surface area contributed by atoms with E-state index in [4.69, 9.17) is 15.5 Å². The molecular weight excluding hydrogens is 262 g/mol. The number of hydrogen-bond acceptors (Lipinski definition) is 3. The highest BCUT2D eigenvalue weighted by atomic mass is 16.5. The van der Waals surface area contributed by atoms with Gasteiger partial charge in [-0.25, -0.2) is 4.99 Å². The molecule has 2 aromatic rings. The number of amidine groups is 1. The number of aliphatic imine (C=N–C) groups is 1. The lowest BCUT2D eigenvalue weighted by Crippen LogP contribution is -2.34. The molecule has 3 rings (SSSR count). The molecule has 0 bridgehead atoms. The van der Waals surface area contributed by atoms with E-state index < -0.39 is 0 Å². The molecule has 1 unspecified atom stereocenters. The number of ether oxygens (including phenoxy) is 1. The van der Waals surface area contributed by atoms with Crippen molar-refractivity contribution in [3.8, 4) is 5.75 Å². The van der Waals surface area contributed by atoms with E-state index in [1.165, 1.54) is 0 Å². The predicted octanol–water partition coefficient (Wildman–Crippen LogP) is 3.81. The van der Waals surface area contributed by atoms with E-state index >= 15 is 0 Å². The maximum absolute atomic E-state index is 5.90. The zero-order valence-electron chi connectivity index (χ0n) is 12.5. The average molecular weight is 281 g/mol. The maximum Gasteiger partial charge on any atom is 0.153 e. The molecule has 1 heterocycles. The smallest absolute Gasteiger partial charge is 0.153 e. The largest absolute Gasteiger partial charge is 0.481 e. The Hall–Kier alpha value is -2.49. The minimum atomic E-state index is -0.125. The second kappa shape index (κ2) is 5.13. The van der Waals surface area contributed by atoms with Crippen molar-refractivity contribution >= 4 is 22.9 Å². The van der Waals surface area contributed by atoms with Gasteiger partial charge in [-0.15, -0.1) is 0 Å². The van der Waals surface area contributed by atoms with Gasteiger partial charge in [0.2, 0.25) is 0 Å². The molecule has 0 saturated carbocycles. The fourth-order valence-corrected chi connectivity index (χ4v) is 2.46. The van der Waals surface area contributed by atoms with Crippen molar-refractivity contribution in [2.75, 3.05) is 11.1 Å². The molecular formula is C17H19N3O. The molecule has 0 aliphatic carbocycles. The van der Waals surface area contributed by atoms with E-state index in [-0.39, 0.29) is 6.10 Å². The molecule has 1 aliphatic rings. The van der Waals surface area contributed by atoms with Crippen LogP contribution in [0.25, 0.3) is 0 Å². The lowest BCUT2D eigenvalue weighted by molar-refractivity contribution is 0.283. The van der Waals surface area contributed by atoms with E-state index in [0.29, 0.717) is 5.69 Å². The van der Waals surface area contributed by atoms with E-state index in [2.05, 4.69) is 31.3 Å². The number of benzene rings is 2. The van der Waals surface area contributed by atoms with Gasteiger partial charge in [0.15, 0.2) is 6.10 Å². The fraction of sp³-hybridized carbons (Fsp3) is 0.235. The van der Waals surface area contributed by atoms with Gasteiger partial charge >= 0.3 is 0 Å². The van der Waals surface area contributed by atoms with Crippen LogP contribution in [0.3, 0.4) is 0 Å². The van der Waals surface area contributed by atoms with Crippen LogP contribution in [-0.2, 0) is 0 Å².